The van der Waals surface area contributed by atoms with Crippen molar-refractivity contribution in [3.05, 3.63) is 70.9 Å². The first-order valence-corrected chi connectivity index (χ1v) is 7.38. The highest BCUT2D eigenvalue weighted by molar-refractivity contribution is 6.31. The Hall–Kier alpha value is -1.85. The van der Waals surface area contributed by atoms with Crippen LogP contribution in [0.25, 0.3) is 10.9 Å². The first-order valence-electron chi connectivity index (χ1n) is 7.00. The fourth-order valence-electron chi connectivity index (χ4n) is 2.66. The number of aliphatic hydroxyl groups excluding tert-OH is 1. The molecule has 4 nitrogen and oxygen atoms in total. The van der Waals surface area contributed by atoms with E-state index in [4.69, 9.17) is 21.1 Å². The number of halogens is 1. The third-order valence-electron chi connectivity index (χ3n) is 3.87. The maximum Gasteiger partial charge on any atom is 0.252 e. The zero-order valence-corrected chi connectivity index (χ0v) is 12.4. The van der Waals surface area contributed by atoms with Crippen LogP contribution >= 0.6 is 11.6 Å². The minimum Gasteiger partial charge on any atom is -0.363 e. The lowest BCUT2D eigenvalue weighted by Gasteiger charge is -2.13. The number of epoxide rings is 1. The number of ether oxygens (including phenoxy) is 2. The number of benzene rings is 2. The van der Waals surface area contributed by atoms with E-state index in [1.807, 2.05) is 48.5 Å². The Balaban J connectivity index is 1.67. The smallest absolute Gasteiger partial charge is 0.252 e. The number of nitrogens with one attached hydrogen (secondary N) is 1. The van der Waals surface area contributed by atoms with Gasteiger partial charge in [0.2, 0.25) is 6.29 Å². The van der Waals surface area contributed by atoms with E-state index in [-0.39, 0.29) is 0 Å². The summed E-state index contributed by atoms with van der Waals surface area (Å²) in [7, 11) is 0. The quantitative estimate of drug-likeness (QED) is 0.724. The van der Waals surface area contributed by atoms with Gasteiger partial charge < -0.3 is 19.6 Å². The molecule has 2 unspecified atom stereocenters. The highest BCUT2D eigenvalue weighted by atomic mass is 35.5. The third kappa shape index (κ3) is 2.21. The van der Waals surface area contributed by atoms with Crippen LogP contribution in [-0.4, -0.2) is 16.4 Å². The molecule has 1 aliphatic rings. The van der Waals surface area contributed by atoms with Gasteiger partial charge in [-0.3, -0.25) is 0 Å². The zero-order chi connectivity index (χ0) is 15.2. The van der Waals surface area contributed by atoms with Gasteiger partial charge in [-0.15, -0.1) is 0 Å². The van der Waals surface area contributed by atoms with Crippen LogP contribution in [0.3, 0.4) is 0 Å². The first kappa shape index (κ1) is 13.8. The fourth-order valence-corrected chi connectivity index (χ4v) is 2.83. The van der Waals surface area contributed by atoms with Crippen LogP contribution in [0.1, 0.15) is 11.1 Å². The summed E-state index contributed by atoms with van der Waals surface area (Å²) < 4.78 is 11.3. The Morgan fingerprint density at radius 1 is 1.23 bits per heavy atom. The Morgan fingerprint density at radius 3 is 2.73 bits per heavy atom. The van der Waals surface area contributed by atoms with Crippen LogP contribution < -0.4 is 0 Å². The zero-order valence-electron chi connectivity index (χ0n) is 11.6. The number of aromatic nitrogens is 1. The number of fused-ring (bicyclic) bond motifs is 1. The summed E-state index contributed by atoms with van der Waals surface area (Å²) in [4.78, 5) is 3.15. The molecule has 0 saturated carbocycles. The second kappa shape index (κ2) is 5.11. The highest BCUT2D eigenvalue weighted by Crippen LogP contribution is 2.49. The topological polar surface area (TPSA) is 57.8 Å². The number of aromatic amines is 1. The molecule has 2 N–H and O–H groups in total. The molecule has 0 amide bonds. The van der Waals surface area contributed by atoms with E-state index >= 15 is 0 Å². The third-order valence-corrected chi connectivity index (χ3v) is 4.10. The van der Waals surface area contributed by atoms with E-state index in [1.54, 1.807) is 6.20 Å². The molecule has 1 aliphatic heterocycles. The molecule has 2 heterocycles. The minimum atomic E-state index is -1.13. The van der Waals surface area contributed by atoms with Gasteiger partial charge in [0, 0.05) is 27.7 Å². The average molecular weight is 316 g/mol. The molecule has 2 aromatic carbocycles. The Kier molecular flexibility index (Phi) is 3.20. The minimum absolute atomic E-state index is 0.352. The molecular formula is C17H14ClNO3. The van der Waals surface area contributed by atoms with Crippen molar-refractivity contribution < 1.29 is 14.6 Å². The summed E-state index contributed by atoms with van der Waals surface area (Å²) in [5.41, 5.74) is 2.70. The number of rotatable bonds is 4. The summed E-state index contributed by atoms with van der Waals surface area (Å²) in [6, 6.07) is 15.3. The second-order valence-corrected chi connectivity index (χ2v) is 5.74. The monoisotopic (exact) mass is 315 g/mol. The molecule has 1 saturated heterocycles. The van der Waals surface area contributed by atoms with Gasteiger partial charge in [0.25, 0.3) is 5.79 Å². The summed E-state index contributed by atoms with van der Waals surface area (Å²) in [5, 5.41) is 11.5. The SMILES string of the molecule is OC1OC1(OCc1ccccc1)c1c[nH]c2ccc(Cl)cc12. The predicted octanol–water partition coefficient (Wildman–Crippen LogP) is 3.54. The van der Waals surface area contributed by atoms with Crippen molar-refractivity contribution in [2.45, 2.75) is 18.7 Å². The van der Waals surface area contributed by atoms with E-state index in [0.29, 0.717) is 11.6 Å². The lowest BCUT2D eigenvalue weighted by molar-refractivity contribution is -0.0606. The summed E-state index contributed by atoms with van der Waals surface area (Å²) in [6.45, 7) is 0.352. The molecule has 2 atom stereocenters. The molecule has 1 aromatic heterocycles. The lowest BCUT2D eigenvalue weighted by atomic mass is 10.1. The molecule has 1 fully saturated rings. The van der Waals surface area contributed by atoms with Crippen LogP contribution in [0.5, 0.6) is 0 Å². The van der Waals surface area contributed by atoms with Gasteiger partial charge in [-0.1, -0.05) is 41.9 Å². The summed E-state index contributed by atoms with van der Waals surface area (Å²) in [6.07, 6.45) is 0.816. The molecule has 3 aromatic rings. The van der Waals surface area contributed by atoms with E-state index in [1.165, 1.54) is 0 Å². The Labute approximate surface area is 132 Å². The van der Waals surface area contributed by atoms with Crippen LogP contribution in [0.2, 0.25) is 5.02 Å². The van der Waals surface area contributed by atoms with E-state index in [9.17, 15) is 5.11 Å². The number of H-pyrrole nitrogens is 1. The number of aliphatic hydroxyl groups is 1. The molecule has 4 rings (SSSR count). The normalized spacial score (nSPS) is 23.8. The molecule has 0 bridgehead atoms. The summed E-state index contributed by atoms with van der Waals surface area (Å²) in [5.74, 6) is -1.13. The molecule has 0 radical (unpaired) electrons. The van der Waals surface area contributed by atoms with Gasteiger partial charge in [-0.05, 0) is 23.8 Å². The van der Waals surface area contributed by atoms with Gasteiger partial charge in [-0.25, -0.2) is 0 Å². The predicted molar refractivity (Wildman–Crippen MR) is 83.3 cm³/mol. The maximum atomic E-state index is 9.96. The van der Waals surface area contributed by atoms with Gasteiger partial charge in [0.1, 0.15) is 0 Å². The van der Waals surface area contributed by atoms with Gasteiger partial charge in [0.05, 0.1) is 6.61 Å². The summed E-state index contributed by atoms with van der Waals surface area (Å²) >= 11 is 6.07. The van der Waals surface area contributed by atoms with Gasteiger partial charge in [-0.2, -0.15) is 0 Å². The van der Waals surface area contributed by atoms with Crippen LogP contribution in [0.4, 0.5) is 0 Å². The average Bonchev–Trinajstić information content (AvgIpc) is 3.00. The van der Waals surface area contributed by atoms with Crippen molar-refractivity contribution in [2.24, 2.45) is 0 Å². The fraction of sp³-hybridized carbons (Fsp3) is 0.176. The van der Waals surface area contributed by atoms with Crippen LogP contribution in [-0.2, 0) is 21.9 Å². The highest BCUT2D eigenvalue weighted by Gasteiger charge is 2.60. The second-order valence-electron chi connectivity index (χ2n) is 5.30. The van der Waals surface area contributed by atoms with Crippen molar-refractivity contribution in [1.29, 1.82) is 0 Å². The number of hydrogen-bond acceptors (Lipinski definition) is 3. The van der Waals surface area contributed by atoms with Crippen LogP contribution in [0.15, 0.2) is 54.7 Å². The van der Waals surface area contributed by atoms with Crippen molar-refractivity contribution in [3.8, 4) is 0 Å². The van der Waals surface area contributed by atoms with Crippen LogP contribution in [0, 0.1) is 0 Å². The first-order chi connectivity index (χ1) is 10.7. The lowest BCUT2D eigenvalue weighted by Crippen LogP contribution is -2.17. The molecule has 112 valence electrons. The molecule has 5 heteroatoms. The molecule has 0 aliphatic carbocycles. The molecule has 22 heavy (non-hydrogen) atoms. The van der Waals surface area contributed by atoms with Crippen molar-refractivity contribution in [2.75, 3.05) is 0 Å². The Morgan fingerprint density at radius 2 is 2.00 bits per heavy atom. The van der Waals surface area contributed by atoms with E-state index in [2.05, 4.69) is 4.98 Å². The molecular weight excluding hydrogens is 302 g/mol. The molecule has 0 spiro atoms. The standard InChI is InChI=1S/C17H14ClNO3/c18-12-6-7-15-13(8-12)14(9-19-15)17(16(20)22-17)21-10-11-4-2-1-3-5-11/h1-9,16,19-20H,10H2. The van der Waals surface area contributed by atoms with Crippen molar-refractivity contribution in [3.63, 3.8) is 0 Å². The van der Waals surface area contributed by atoms with E-state index < -0.39 is 12.1 Å². The van der Waals surface area contributed by atoms with Crippen molar-refractivity contribution >= 4 is 22.5 Å². The van der Waals surface area contributed by atoms with Gasteiger partial charge in [0.15, 0.2) is 0 Å². The van der Waals surface area contributed by atoms with Gasteiger partial charge >= 0.3 is 0 Å². The number of hydrogen-bond donors (Lipinski definition) is 2. The largest absolute Gasteiger partial charge is 0.363 e. The van der Waals surface area contributed by atoms with E-state index in [0.717, 1.165) is 22.0 Å². The van der Waals surface area contributed by atoms with Crippen molar-refractivity contribution in [1.82, 2.24) is 4.98 Å². The Bertz CT molecular complexity index is 817. The maximum absolute atomic E-state index is 9.96.